The molecule has 11 heteroatoms. The van der Waals surface area contributed by atoms with E-state index in [-0.39, 0.29) is 45.1 Å². The Morgan fingerprint density at radius 1 is 0.971 bits per heavy atom. The van der Waals surface area contributed by atoms with E-state index in [0.717, 1.165) is 5.56 Å². The van der Waals surface area contributed by atoms with Crippen LogP contribution in [0.15, 0.2) is 82.6 Å². The first-order valence-corrected chi connectivity index (χ1v) is 12.2. The summed E-state index contributed by atoms with van der Waals surface area (Å²) in [6.07, 6.45) is -0.696. The molecule has 0 bridgehead atoms. The molecule has 0 saturated carbocycles. The first kappa shape index (κ1) is 29.1. The van der Waals surface area contributed by atoms with Crippen molar-refractivity contribution in [3.8, 4) is 11.5 Å². The van der Waals surface area contributed by atoms with Gasteiger partial charge in [-0.2, -0.15) is 0 Å². The fourth-order valence-corrected chi connectivity index (χ4v) is 4.48. The Morgan fingerprint density at radius 2 is 1.54 bits per heavy atom. The average Bonchev–Trinajstić information content (AvgIpc) is 2.83. The summed E-state index contributed by atoms with van der Waals surface area (Å²) in [5.41, 5.74) is 0.720. The number of hydrogen-bond donors (Lipinski definition) is 2. The molecule has 0 aromatic heterocycles. The minimum atomic E-state index is -3.76. The van der Waals surface area contributed by atoms with Crippen molar-refractivity contribution in [2.75, 3.05) is 26.3 Å². The smallest absolute Gasteiger partial charge is 0.546 e. The summed E-state index contributed by atoms with van der Waals surface area (Å²) in [5.74, 6) is -0.646. The van der Waals surface area contributed by atoms with Gasteiger partial charge in [0.15, 0.2) is 0 Å². The monoisotopic (exact) mass is 527 g/mol. The number of aliphatic carboxylic acids is 1. The summed E-state index contributed by atoms with van der Waals surface area (Å²) in [6.45, 7) is 0.509. The van der Waals surface area contributed by atoms with Crippen molar-refractivity contribution in [3.05, 3.63) is 83.4 Å². The van der Waals surface area contributed by atoms with Crippen molar-refractivity contribution in [1.29, 1.82) is 0 Å². The number of benzene rings is 3. The summed E-state index contributed by atoms with van der Waals surface area (Å²) in [5, 5.41) is 24.3. The standard InChI is InChI=1S/C24H24ClNO7S.Na/c25-18-3-1-2-17(14-18)23(27)15-26-12-13-32-19-4-8-21(9-5-19)34(30,31)22-10-6-20(7-11-22)33-16-24(28)29;/h1-11,14,23,26-27H,12-13,15-16H2,(H,28,29);/q;+1/p-1/t23-;/m0./s1. The minimum Gasteiger partial charge on any atom is -0.546 e. The van der Waals surface area contributed by atoms with E-state index in [2.05, 4.69) is 5.32 Å². The number of carboxylic acid groups (broad SMARTS) is 1. The maximum Gasteiger partial charge on any atom is 1.00 e. The zero-order valence-electron chi connectivity index (χ0n) is 19.0. The molecule has 0 amide bonds. The molecule has 0 radical (unpaired) electrons. The molecule has 3 aromatic rings. The number of sulfone groups is 1. The second-order valence-electron chi connectivity index (χ2n) is 7.23. The number of carbonyl (C=O) groups excluding carboxylic acids is 1. The van der Waals surface area contributed by atoms with Gasteiger partial charge in [0, 0.05) is 18.1 Å². The van der Waals surface area contributed by atoms with Gasteiger partial charge in [0.05, 0.1) is 21.9 Å². The number of nitrogens with one attached hydrogen (secondary N) is 1. The van der Waals surface area contributed by atoms with Crippen LogP contribution < -0.4 is 49.5 Å². The maximum atomic E-state index is 12.8. The number of aliphatic hydroxyl groups excluding tert-OH is 1. The molecule has 0 heterocycles. The first-order valence-electron chi connectivity index (χ1n) is 10.3. The average molecular weight is 528 g/mol. The third-order valence-electron chi connectivity index (χ3n) is 4.74. The Bertz CT molecular complexity index is 1210. The second kappa shape index (κ2) is 13.8. The number of hydrogen-bond acceptors (Lipinski definition) is 8. The summed E-state index contributed by atoms with van der Waals surface area (Å²) in [4.78, 5) is 10.6. The van der Waals surface area contributed by atoms with E-state index in [0.29, 0.717) is 30.5 Å². The Balaban J connectivity index is 0.00000432. The van der Waals surface area contributed by atoms with Gasteiger partial charge in [-0.3, -0.25) is 0 Å². The van der Waals surface area contributed by atoms with Crippen molar-refractivity contribution < 1.29 is 62.5 Å². The Kier molecular flexibility index (Phi) is 11.5. The number of carbonyl (C=O) groups is 1. The third kappa shape index (κ3) is 8.80. The molecule has 8 nitrogen and oxygen atoms in total. The van der Waals surface area contributed by atoms with E-state index in [1.807, 2.05) is 0 Å². The fourth-order valence-electron chi connectivity index (χ4n) is 3.02. The van der Waals surface area contributed by atoms with Crippen molar-refractivity contribution >= 4 is 27.4 Å². The molecular weight excluding hydrogens is 505 g/mol. The molecule has 35 heavy (non-hydrogen) atoms. The molecule has 0 aliphatic carbocycles. The zero-order valence-corrected chi connectivity index (χ0v) is 22.6. The van der Waals surface area contributed by atoms with Crippen molar-refractivity contribution in [2.45, 2.75) is 15.9 Å². The molecule has 0 aliphatic rings. The van der Waals surface area contributed by atoms with Gasteiger partial charge >= 0.3 is 29.6 Å². The summed E-state index contributed by atoms with van der Waals surface area (Å²) in [7, 11) is -3.76. The Morgan fingerprint density at radius 3 is 2.09 bits per heavy atom. The van der Waals surface area contributed by atoms with Crippen LogP contribution in [0.25, 0.3) is 0 Å². The van der Waals surface area contributed by atoms with Crippen LogP contribution in [-0.2, 0) is 14.6 Å². The SMILES string of the molecule is O=C([O-])COc1ccc(S(=O)(=O)c2ccc(OCCNC[C@H](O)c3cccc(Cl)c3)cc2)cc1.[Na+]. The number of ether oxygens (including phenoxy) is 2. The molecule has 3 rings (SSSR count). The third-order valence-corrected chi connectivity index (χ3v) is 6.76. The summed E-state index contributed by atoms with van der Waals surface area (Å²) < 4.78 is 36.2. The van der Waals surface area contributed by atoms with E-state index in [4.69, 9.17) is 21.1 Å². The fraction of sp³-hybridized carbons (Fsp3) is 0.208. The van der Waals surface area contributed by atoms with Gasteiger partial charge in [-0.05, 0) is 66.2 Å². The summed E-state index contributed by atoms with van der Waals surface area (Å²) in [6, 6.07) is 18.5. The molecular formula is C24H23ClNNaO7S. The van der Waals surface area contributed by atoms with Crippen LogP contribution >= 0.6 is 11.6 Å². The number of aliphatic hydroxyl groups is 1. The molecule has 0 fully saturated rings. The number of carboxylic acids is 1. The Hall–Kier alpha value is -2.11. The molecule has 3 aromatic carbocycles. The minimum absolute atomic E-state index is 0. The van der Waals surface area contributed by atoms with Gasteiger partial charge in [0.1, 0.15) is 24.7 Å². The largest absolute Gasteiger partial charge is 1.00 e. The van der Waals surface area contributed by atoms with Crippen LogP contribution in [0.1, 0.15) is 11.7 Å². The topological polar surface area (TPSA) is 125 Å². The second-order valence-corrected chi connectivity index (χ2v) is 9.62. The molecule has 2 N–H and O–H groups in total. The number of rotatable bonds is 12. The van der Waals surface area contributed by atoms with Crippen LogP contribution in [0, 0.1) is 0 Å². The van der Waals surface area contributed by atoms with Crippen LogP contribution in [0.3, 0.4) is 0 Å². The first-order chi connectivity index (χ1) is 16.3. The maximum absolute atomic E-state index is 12.8. The van der Waals surface area contributed by atoms with Crippen LogP contribution in [-0.4, -0.2) is 45.8 Å². The molecule has 0 aliphatic heterocycles. The number of halogens is 1. The van der Waals surface area contributed by atoms with Gasteiger partial charge in [0.25, 0.3) is 0 Å². The zero-order chi connectivity index (χ0) is 24.6. The summed E-state index contributed by atoms with van der Waals surface area (Å²) >= 11 is 5.93. The van der Waals surface area contributed by atoms with E-state index in [1.54, 1.807) is 36.4 Å². The van der Waals surface area contributed by atoms with Crippen molar-refractivity contribution in [3.63, 3.8) is 0 Å². The van der Waals surface area contributed by atoms with E-state index in [1.165, 1.54) is 36.4 Å². The van der Waals surface area contributed by atoms with Gasteiger partial charge in [0.2, 0.25) is 9.84 Å². The van der Waals surface area contributed by atoms with E-state index < -0.39 is 28.5 Å². The normalized spacial score (nSPS) is 11.8. The van der Waals surface area contributed by atoms with Crippen LogP contribution in [0.5, 0.6) is 11.5 Å². The van der Waals surface area contributed by atoms with Crippen LogP contribution in [0.4, 0.5) is 0 Å². The van der Waals surface area contributed by atoms with Gasteiger partial charge in [-0.15, -0.1) is 0 Å². The van der Waals surface area contributed by atoms with Gasteiger partial charge in [-0.25, -0.2) is 8.42 Å². The Labute approximate surface area is 231 Å². The predicted molar refractivity (Wildman–Crippen MR) is 124 cm³/mol. The van der Waals surface area contributed by atoms with E-state index in [9.17, 15) is 23.4 Å². The molecule has 180 valence electrons. The van der Waals surface area contributed by atoms with Crippen molar-refractivity contribution in [1.82, 2.24) is 5.32 Å². The molecule has 0 unspecified atom stereocenters. The molecule has 1 atom stereocenters. The van der Waals surface area contributed by atoms with Gasteiger partial charge in [-0.1, -0.05) is 23.7 Å². The van der Waals surface area contributed by atoms with Gasteiger partial charge < -0.3 is 29.8 Å². The molecule has 0 spiro atoms. The quantitative estimate of drug-likeness (QED) is 0.227. The molecule has 0 saturated heterocycles. The van der Waals surface area contributed by atoms with Crippen LogP contribution in [0.2, 0.25) is 5.02 Å². The van der Waals surface area contributed by atoms with Crippen molar-refractivity contribution in [2.24, 2.45) is 0 Å². The van der Waals surface area contributed by atoms with E-state index >= 15 is 0 Å². The predicted octanol–water partition coefficient (Wildman–Crippen LogP) is -0.992.